The number of unbranched alkanes of at least 4 members (excludes halogenated alkanes) is 2. The molecule has 0 N–H and O–H groups in total. The first-order valence-corrected chi connectivity index (χ1v) is 8.26. The van der Waals surface area contributed by atoms with Crippen LogP contribution in [0.15, 0.2) is 42.5 Å². The van der Waals surface area contributed by atoms with E-state index in [-0.39, 0.29) is 6.23 Å². The molecule has 1 aliphatic rings. The first kappa shape index (κ1) is 14.4. The first-order valence-electron chi connectivity index (χ1n) is 8.26. The molecule has 0 bridgehead atoms. The minimum atomic E-state index is 0.267. The highest BCUT2D eigenvalue weighted by Crippen LogP contribution is 2.25. The second kappa shape index (κ2) is 6.95. The molecule has 2 heteroatoms. The molecule has 1 atom stereocenters. The maximum atomic E-state index is 6.25. The van der Waals surface area contributed by atoms with Gasteiger partial charge in [-0.05, 0) is 42.2 Å². The zero-order chi connectivity index (χ0) is 14.5. The highest BCUT2D eigenvalue weighted by Gasteiger charge is 2.25. The molecule has 1 aliphatic heterocycles. The Morgan fingerprint density at radius 1 is 1.10 bits per heavy atom. The molecule has 2 nitrogen and oxygen atoms in total. The SMILES string of the molecule is CCCCCN1CCCC1Oc1ccc2ccccc2c1. The fourth-order valence-corrected chi connectivity index (χ4v) is 3.15. The van der Waals surface area contributed by atoms with Gasteiger partial charge in [-0.25, -0.2) is 0 Å². The van der Waals surface area contributed by atoms with Gasteiger partial charge < -0.3 is 4.74 Å². The van der Waals surface area contributed by atoms with E-state index in [0.29, 0.717) is 0 Å². The lowest BCUT2D eigenvalue weighted by Gasteiger charge is -2.25. The predicted octanol–water partition coefficient (Wildman–Crippen LogP) is 4.83. The number of hydrogen-bond donors (Lipinski definition) is 0. The highest BCUT2D eigenvalue weighted by molar-refractivity contribution is 5.83. The monoisotopic (exact) mass is 283 g/mol. The number of fused-ring (bicyclic) bond motifs is 1. The van der Waals surface area contributed by atoms with Crippen LogP contribution < -0.4 is 4.74 Å². The van der Waals surface area contributed by atoms with Gasteiger partial charge in [0.1, 0.15) is 5.75 Å². The molecule has 0 aromatic heterocycles. The van der Waals surface area contributed by atoms with Gasteiger partial charge in [0.15, 0.2) is 6.23 Å². The Morgan fingerprint density at radius 3 is 2.81 bits per heavy atom. The van der Waals surface area contributed by atoms with Crippen LogP contribution in [0.3, 0.4) is 0 Å². The number of ether oxygens (including phenoxy) is 1. The van der Waals surface area contributed by atoms with Crippen LogP contribution in [-0.4, -0.2) is 24.2 Å². The Hall–Kier alpha value is -1.54. The summed E-state index contributed by atoms with van der Waals surface area (Å²) in [5, 5.41) is 2.53. The molecular weight excluding hydrogens is 258 g/mol. The largest absolute Gasteiger partial charge is 0.475 e. The summed E-state index contributed by atoms with van der Waals surface area (Å²) in [5.41, 5.74) is 0. The minimum absolute atomic E-state index is 0.267. The van der Waals surface area contributed by atoms with Crippen LogP contribution in [0.4, 0.5) is 0 Å². The highest BCUT2D eigenvalue weighted by atomic mass is 16.5. The third-order valence-corrected chi connectivity index (χ3v) is 4.35. The topological polar surface area (TPSA) is 12.5 Å². The van der Waals surface area contributed by atoms with Gasteiger partial charge in [0.05, 0.1) is 0 Å². The predicted molar refractivity (Wildman–Crippen MR) is 88.7 cm³/mol. The van der Waals surface area contributed by atoms with Crippen molar-refractivity contribution in [2.24, 2.45) is 0 Å². The molecule has 0 saturated carbocycles. The third kappa shape index (κ3) is 3.56. The Morgan fingerprint density at radius 2 is 1.95 bits per heavy atom. The smallest absolute Gasteiger partial charge is 0.152 e. The van der Waals surface area contributed by atoms with Gasteiger partial charge in [-0.3, -0.25) is 4.90 Å². The molecule has 1 heterocycles. The molecule has 112 valence electrons. The summed E-state index contributed by atoms with van der Waals surface area (Å²) in [4.78, 5) is 2.50. The van der Waals surface area contributed by atoms with E-state index >= 15 is 0 Å². The van der Waals surface area contributed by atoms with Gasteiger partial charge in [0.25, 0.3) is 0 Å². The van der Waals surface area contributed by atoms with Crippen LogP contribution in [0.5, 0.6) is 5.75 Å². The molecule has 1 saturated heterocycles. The second-order valence-electron chi connectivity index (χ2n) is 5.97. The minimum Gasteiger partial charge on any atom is -0.475 e. The Bertz CT molecular complexity index is 581. The van der Waals surface area contributed by atoms with Crippen molar-refractivity contribution in [1.82, 2.24) is 4.90 Å². The quantitative estimate of drug-likeness (QED) is 0.704. The molecule has 1 fully saturated rings. The van der Waals surface area contributed by atoms with Crippen molar-refractivity contribution >= 4 is 10.8 Å². The second-order valence-corrected chi connectivity index (χ2v) is 5.97. The molecule has 2 aromatic carbocycles. The van der Waals surface area contributed by atoms with Gasteiger partial charge in [-0.15, -0.1) is 0 Å². The third-order valence-electron chi connectivity index (χ3n) is 4.35. The lowest BCUT2D eigenvalue weighted by atomic mass is 10.1. The number of benzene rings is 2. The molecule has 0 spiro atoms. The van der Waals surface area contributed by atoms with Crippen LogP contribution in [0.25, 0.3) is 10.8 Å². The van der Waals surface area contributed by atoms with Crippen molar-refractivity contribution in [2.45, 2.75) is 45.3 Å². The summed E-state index contributed by atoms with van der Waals surface area (Å²) in [5.74, 6) is 1.00. The molecule has 0 radical (unpaired) electrons. The average molecular weight is 283 g/mol. The van der Waals surface area contributed by atoms with Crippen molar-refractivity contribution in [3.05, 3.63) is 42.5 Å². The van der Waals surface area contributed by atoms with E-state index in [2.05, 4.69) is 54.3 Å². The van der Waals surface area contributed by atoms with Crippen molar-refractivity contribution in [1.29, 1.82) is 0 Å². The van der Waals surface area contributed by atoms with Crippen molar-refractivity contribution < 1.29 is 4.74 Å². The molecule has 0 amide bonds. The first-order chi connectivity index (χ1) is 10.4. The number of likely N-dealkylation sites (tertiary alicyclic amines) is 1. The van der Waals surface area contributed by atoms with Crippen LogP contribution in [0.2, 0.25) is 0 Å². The molecule has 0 aliphatic carbocycles. The van der Waals surface area contributed by atoms with Gasteiger partial charge in [0.2, 0.25) is 0 Å². The van der Waals surface area contributed by atoms with Gasteiger partial charge in [-0.1, -0.05) is 50.1 Å². The van der Waals surface area contributed by atoms with E-state index in [1.165, 1.54) is 49.5 Å². The Balaban J connectivity index is 1.66. The van der Waals surface area contributed by atoms with Crippen LogP contribution >= 0.6 is 0 Å². The van der Waals surface area contributed by atoms with Crippen molar-refractivity contribution in [3.8, 4) is 5.75 Å². The number of hydrogen-bond acceptors (Lipinski definition) is 2. The number of nitrogens with zero attached hydrogens (tertiary/aromatic N) is 1. The maximum Gasteiger partial charge on any atom is 0.152 e. The summed E-state index contributed by atoms with van der Waals surface area (Å²) in [6, 6.07) is 14.9. The van der Waals surface area contributed by atoms with Crippen LogP contribution in [-0.2, 0) is 0 Å². The molecule has 3 rings (SSSR count). The lowest BCUT2D eigenvalue weighted by Crippen LogP contribution is -2.34. The van der Waals surface area contributed by atoms with Crippen LogP contribution in [0, 0.1) is 0 Å². The zero-order valence-corrected chi connectivity index (χ0v) is 12.9. The molecule has 2 aromatic rings. The van der Waals surface area contributed by atoms with E-state index in [9.17, 15) is 0 Å². The summed E-state index contributed by atoms with van der Waals surface area (Å²) in [7, 11) is 0. The fourth-order valence-electron chi connectivity index (χ4n) is 3.15. The maximum absolute atomic E-state index is 6.25. The summed E-state index contributed by atoms with van der Waals surface area (Å²) < 4.78 is 6.25. The van der Waals surface area contributed by atoms with Gasteiger partial charge in [0, 0.05) is 13.1 Å². The van der Waals surface area contributed by atoms with E-state index in [0.717, 1.165) is 12.2 Å². The Labute approximate surface area is 127 Å². The molecule has 21 heavy (non-hydrogen) atoms. The van der Waals surface area contributed by atoms with Gasteiger partial charge >= 0.3 is 0 Å². The standard InChI is InChI=1S/C19H25NO/c1-2-3-6-13-20-14-7-10-19(20)21-18-12-11-16-8-4-5-9-17(16)15-18/h4-5,8-9,11-12,15,19H,2-3,6-7,10,13-14H2,1H3. The van der Waals surface area contributed by atoms with E-state index < -0.39 is 0 Å². The van der Waals surface area contributed by atoms with Gasteiger partial charge in [-0.2, -0.15) is 0 Å². The Kier molecular flexibility index (Phi) is 4.76. The van der Waals surface area contributed by atoms with E-state index in [4.69, 9.17) is 4.74 Å². The number of rotatable bonds is 6. The van der Waals surface area contributed by atoms with Crippen molar-refractivity contribution in [2.75, 3.05) is 13.1 Å². The zero-order valence-electron chi connectivity index (χ0n) is 12.9. The fraction of sp³-hybridized carbons (Fsp3) is 0.474. The molecule has 1 unspecified atom stereocenters. The van der Waals surface area contributed by atoms with Crippen molar-refractivity contribution in [3.63, 3.8) is 0 Å². The summed E-state index contributed by atoms with van der Waals surface area (Å²) >= 11 is 0. The van der Waals surface area contributed by atoms with Crippen LogP contribution in [0.1, 0.15) is 39.0 Å². The average Bonchev–Trinajstić information content (AvgIpc) is 2.95. The van der Waals surface area contributed by atoms with E-state index in [1.807, 2.05) is 0 Å². The molecular formula is C19H25NO. The summed E-state index contributed by atoms with van der Waals surface area (Å²) in [6.45, 7) is 4.61. The normalized spacial score (nSPS) is 19.2. The lowest BCUT2D eigenvalue weighted by molar-refractivity contribution is 0.0596. The summed E-state index contributed by atoms with van der Waals surface area (Å²) in [6.07, 6.45) is 6.56. The van der Waals surface area contributed by atoms with E-state index in [1.54, 1.807) is 0 Å².